The SMILES string of the molecule is COc1ccc2c(c1)-c1c(c3c(c4cc(C(F)(F)F)ccc14)OC(c1ccc(OC(C)C)cc1)(c1ccc(OC(C)C)cc1)C=C3)CC2. The first kappa shape index (κ1) is 31.7. The van der Waals surface area contributed by atoms with Gasteiger partial charge in [0, 0.05) is 22.1 Å². The molecule has 1 aliphatic carbocycles. The van der Waals surface area contributed by atoms with Crippen molar-refractivity contribution in [1.29, 1.82) is 0 Å². The number of benzene rings is 5. The van der Waals surface area contributed by atoms with E-state index in [1.807, 2.05) is 107 Å². The van der Waals surface area contributed by atoms with Crippen LogP contribution in [0.4, 0.5) is 13.2 Å². The molecule has 0 radical (unpaired) electrons. The highest BCUT2D eigenvalue weighted by molar-refractivity contribution is 6.06. The first-order valence-electron chi connectivity index (χ1n) is 16.3. The molecule has 7 heteroatoms. The predicted octanol–water partition coefficient (Wildman–Crippen LogP) is 10.6. The average Bonchev–Trinajstić information content (AvgIpc) is 3.07. The first-order chi connectivity index (χ1) is 23.0. The number of alkyl halides is 3. The normalized spacial score (nSPS) is 14.7. The van der Waals surface area contributed by atoms with Gasteiger partial charge in [-0.15, -0.1) is 0 Å². The summed E-state index contributed by atoms with van der Waals surface area (Å²) in [7, 11) is 1.62. The Morgan fingerprint density at radius 1 is 0.708 bits per heavy atom. The van der Waals surface area contributed by atoms with Gasteiger partial charge in [-0.2, -0.15) is 13.2 Å². The van der Waals surface area contributed by atoms with Gasteiger partial charge in [0.15, 0.2) is 5.60 Å². The van der Waals surface area contributed by atoms with Crippen LogP contribution in [0.2, 0.25) is 0 Å². The Morgan fingerprint density at radius 2 is 1.31 bits per heavy atom. The number of fused-ring (bicyclic) bond motifs is 8. The van der Waals surface area contributed by atoms with Gasteiger partial charge in [-0.25, -0.2) is 0 Å². The van der Waals surface area contributed by atoms with E-state index in [0.29, 0.717) is 33.8 Å². The van der Waals surface area contributed by atoms with Gasteiger partial charge in [0.25, 0.3) is 0 Å². The predicted molar refractivity (Wildman–Crippen MR) is 183 cm³/mol. The van der Waals surface area contributed by atoms with E-state index in [0.717, 1.165) is 57.9 Å². The van der Waals surface area contributed by atoms with Gasteiger partial charge in [0.1, 0.15) is 23.0 Å². The van der Waals surface area contributed by atoms with Crippen molar-refractivity contribution in [1.82, 2.24) is 0 Å². The molecule has 0 atom stereocenters. The largest absolute Gasteiger partial charge is 0.497 e. The van der Waals surface area contributed by atoms with E-state index in [2.05, 4.69) is 0 Å². The molecule has 246 valence electrons. The molecule has 0 spiro atoms. The molecule has 1 heterocycles. The van der Waals surface area contributed by atoms with Gasteiger partial charge in [0.05, 0.1) is 24.9 Å². The lowest BCUT2D eigenvalue weighted by Crippen LogP contribution is -2.34. The van der Waals surface area contributed by atoms with E-state index in [1.165, 1.54) is 6.07 Å². The number of aryl methyl sites for hydroxylation is 1. The molecular weight excluding hydrogens is 613 g/mol. The van der Waals surface area contributed by atoms with Gasteiger partial charge in [-0.05, 0) is 123 Å². The van der Waals surface area contributed by atoms with Crippen LogP contribution in [-0.4, -0.2) is 19.3 Å². The lowest BCUT2D eigenvalue weighted by molar-refractivity contribution is -0.137. The third kappa shape index (κ3) is 5.55. The third-order valence-corrected chi connectivity index (χ3v) is 9.02. The van der Waals surface area contributed by atoms with Crippen molar-refractivity contribution in [2.75, 3.05) is 7.11 Å². The summed E-state index contributed by atoms with van der Waals surface area (Å²) in [6, 6.07) is 25.4. The van der Waals surface area contributed by atoms with Gasteiger partial charge in [-0.1, -0.05) is 42.5 Å². The Balaban J connectivity index is 1.48. The van der Waals surface area contributed by atoms with E-state index >= 15 is 0 Å². The van der Waals surface area contributed by atoms with E-state index in [1.54, 1.807) is 13.2 Å². The molecule has 0 unspecified atom stereocenters. The Morgan fingerprint density at radius 3 is 1.88 bits per heavy atom. The molecule has 0 N–H and O–H groups in total. The summed E-state index contributed by atoms with van der Waals surface area (Å²) in [5, 5.41) is 1.11. The van der Waals surface area contributed by atoms with Crippen molar-refractivity contribution in [3.05, 3.63) is 124 Å². The second kappa shape index (κ2) is 12.0. The van der Waals surface area contributed by atoms with Crippen molar-refractivity contribution >= 4 is 16.8 Å². The van der Waals surface area contributed by atoms with Crippen molar-refractivity contribution in [3.63, 3.8) is 0 Å². The molecule has 4 nitrogen and oxygen atoms in total. The number of hydrogen-bond acceptors (Lipinski definition) is 4. The zero-order valence-electron chi connectivity index (χ0n) is 27.6. The van der Waals surface area contributed by atoms with Crippen LogP contribution in [0.1, 0.15) is 61.1 Å². The highest BCUT2D eigenvalue weighted by Gasteiger charge is 2.40. The average molecular weight is 651 g/mol. The fourth-order valence-corrected chi connectivity index (χ4v) is 6.93. The molecule has 0 bridgehead atoms. The van der Waals surface area contributed by atoms with Crippen molar-refractivity contribution < 1.29 is 32.1 Å². The second-order valence-corrected chi connectivity index (χ2v) is 12.9. The molecule has 7 rings (SSSR count). The Hall–Kier alpha value is -4.91. The van der Waals surface area contributed by atoms with E-state index < -0.39 is 17.3 Å². The standard InChI is InChI=1S/C41H37F3O4/c1-24(2)46-30-14-8-27(9-15-30)40(28-10-16-31(17-11-28)47-25(3)4)21-20-35-33-18-7-26-6-13-32(45-5)23-36(26)38(33)34-19-12-29(41(42,43)44)22-37(34)39(35)48-40/h6,8-17,19-25H,7,18H2,1-5H3. The summed E-state index contributed by atoms with van der Waals surface area (Å²) in [5.41, 5.74) is 4.60. The second-order valence-electron chi connectivity index (χ2n) is 12.9. The van der Waals surface area contributed by atoms with E-state index in [4.69, 9.17) is 18.9 Å². The number of halogens is 3. The van der Waals surface area contributed by atoms with E-state index in [9.17, 15) is 13.2 Å². The topological polar surface area (TPSA) is 36.9 Å². The highest BCUT2D eigenvalue weighted by atomic mass is 19.4. The minimum absolute atomic E-state index is 0.00137. The van der Waals surface area contributed by atoms with Crippen LogP contribution in [0.3, 0.4) is 0 Å². The molecule has 0 aromatic heterocycles. The van der Waals surface area contributed by atoms with Crippen LogP contribution < -0.4 is 18.9 Å². The van der Waals surface area contributed by atoms with E-state index in [-0.39, 0.29) is 12.2 Å². The molecular formula is C41H37F3O4. The maximum atomic E-state index is 14.3. The first-order valence-corrected chi connectivity index (χ1v) is 16.3. The van der Waals surface area contributed by atoms with Gasteiger partial charge in [-0.3, -0.25) is 0 Å². The number of ether oxygens (including phenoxy) is 4. The van der Waals surface area contributed by atoms with Gasteiger partial charge >= 0.3 is 6.18 Å². The van der Waals surface area contributed by atoms with Crippen LogP contribution in [0.5, 0.6) is 23.0 Å². The molecule has 5 aromatic rings. The Kier molecular flexibility index (Phi) is 7.89. The smallest absolute Gasteiger partial charge is 0.416 e. The minimum Gasteiger partial charge on any atom is -0.497 e. The maximum absolute atomic E-state index is 14.3. The summed E-state index contributed by atoms with van der Waals surface area (Å²) >= 11 is 0. The summed E-state index contributed by atoms with van der Waals surface area (Å²) < 4.78 is 67.4. The number of methoxy groups -OCH3 is 1. The summed E-state index contributed by atoms with van der Waals surface area (Å²) in [6.07, 6.45) is 1.03. The van der Waals surface area contributed by atoms with Crippen LogP contribution in [-0.2, 0) is 24.6 Å². The molecule has 1 aliphatic heterocycles. The molecule has 5 aromatic carbocycles. The monoisotopic (exact) mass is 650 g/mol. The summed E-state index contributed by atoms with van der Waals surface area (Å²) in [6.45, 7) is 7.87. The third-order valence-electron chi connectivity index (χ3n) is 9.02. The van der Waals surface area contributed by atoms with Crippen molar-refractivity contribution in [2.24, 2.45) is 0 Å². The molecule has 48 heavy (non-hydrogen) atoms. The Labute approximate surface area is 278 Å². The zero-order chi connectivity index (χ0) is 33.8. The van der Waals surface area contributed by atoms with Crippen molar-refractivity contribution in [3.8, 4) is 34.1 Å². The van der Waals surface area contributed by atoms with Crippen molar-refractivity contribution in [2.45, 2.75) is 64.5 Å². The Bertz CT molecular complexity index is 1970. The lowest BCUT2D eigenvalue weighted by Gasteiger charge is -2.38. The lowest BCUT2D eigenvalue weighted by atomic mass is 9.77. The quantitative estimate of drug-likeness (QED) is 0.176. The zero-order valence-corrected chi connectivity index (χ0v) is 27.6. The minimum atomic E-state index is -4.53. The fourth-order valence-electron chi connectivity index (χ4n) is 6.93. The molecule has 0 amide bonds. The van der Waals surface area contributed by atoms with Crippen LogP contribution in [0.15, 0.2) is 91.0 Å². The number of rotatable bonds is 7. The molecule has 0 fully saturated rings. The molecule has 0 saturated carbocycles. The van der Waals surface area contributed by atoms with Crippen LogP contribution in [0.25, 0.3) is 28.0 Å². The number of hydrogen-bond donors (Lipinski definition) is 0. The molecule has 2 aliphatic rings. The molecule has 0 saturated heterocycles. The summed E-state index contributed by atoms with van der Waals surface area (Å²) in [4.78, 5) is 0. The van der Waals surface area contributed by atoms with Gasteiger partial charge < -0.3 is 18.9 Å². The fraction of sp³-hybridized carbons (Fsp3) is 0.268. The van der Waals surface area contributed by atoms with Crippen LogP contribution >= 0.6 is 0 Å². The van der Waals surface area contributed by atoms with Gasteiger partial charge in [0.2, 0.25) is 0 Å². The van der Waals surface area contributed by atoms with Crippen LogP contribution in [0, 0.1) is 0 Å². The maximum Gasteiger partial charge on any atom is 0.416 e. The summed E-state index contributed by atoms with van der Waals surface area (Å²) in [5.74, 6) is 2.55. The highest BCUT2D eigenvalue weighted by Crippen LogP contribution is 2.52.